The highest BCUT2D eigenvalue weighted by atomic mass is 16.5. The normalized spacial score (nSPS) is 10.2. The van der Waals surface area contributed by atoms with E-state index >= 15 is 0 Å². The number of rotatable bonds is 7. The number of esters is 1. The number of nitrogens with one attached hydrogen (secondary N) is 1. The molecule has 0 fully saturated rings. The van der Waals surface area contributed by atoms with Gasteiger partial charge in [-0.3, -0.25) is 4.79 Å². The van der Waals surface area contributed by atoms with Crippen molar-refractivity contribution in [3.05, 3.63) is 5.82 Å². The van der Waals surface area contributed by atoms with Gasteiger partial charge >= 0.3 is 5.97 Å². The number of nitrogens with zero attached hydrogens (tertiary/aromatic N) is 3. The molecule has 0 aliphatic heterocycles. The van der Waals surface area contributed by atoms with Crippen LogP contribution in [0.2, 0.25) is 0 Å². The first-order chi connectivity index (χ1) is 7.33. The van der Waals surface area contributed by atoms with E-state index < -0.39 is 0 Å². The highest BCUT2D eigenvalue weighted by Crippen LogP contribution is 2.04. The maximum atomic E-state index is 11.2. The third-order valence-corrected chi connectivity index (χ3v) is 1.99. The largest absolute Gasteiger partial charge is 0.457 e. The van der Waals surface area contributed by atoms with Crippen LogP contribution in [0.1, 0.15) is 44.9 Å². The van der Waals surface area contributed by atoms with E-state index in [1.165, 1.54) is 0 Å². The lowest BCUT2D eigenvalue weighted by atomic mass is 10.2. The van der Waals surface area contributed by atoms with Crippen LogP contribution in [-0.2, 0) is 16.1 Å². The van der Waals surface area contributed by atoms with Crippen LogP contribution in [0.25, 0.3) is 0 Å². The second kappa shape index (κ2) is 6.92. The van der Waals surface area contributed by atoms with E-state index in [2.05, 4.69) is 27.5 Å². The van der Waals surface area contributed by atoms with Crippen LogP contribution in [0.3, 0.4) is 0 Å². The highest BCUT2D eigenvalue weighted by Gasteiger charge is 2.05. The molecular weight excluding hydrogens is 196 g/mol. The monoisotopic (exact) mass is 212 g/mol. The number of ether oxygens (including phenoxy) is 1. The fourth-order valence-corrected chi connectivity index (χ4v) is 1.16. The standard InChI is InChI=1S/C9H16N4O2/c1-2-3-4-5-6-9(14)15-7-8-10-12-13-11-8/h2-7H2,1H3,(H,10,11,12,13). The smallest absolute Gasteiger partial charge is 0.306 e. The van der Waals surface area contributed by atoms with Gasteiger partial charge in [0, 0.05) is 6.42 Å². The van der Waals surface area contributed by atoms with Crippen LogP contribution in [0.5, 0.6) is 0 Å². The fourth-order valence-electron chi connectivity index (χ4n) is 1.16. The Morgan fingerprint density at radius 1 is 1.40 bits per heavy atom. The highest BCUT2D eigenvalue weighted by molar-refractivity contribution is 5.69. The molecule has 0 aliphatic rings. The number of aromatic amines is 1. The molecule has 6 heteroatoms. The molecule has 1 N–H and O–H groups in total. The summed E-state index contributed by atoms with van der Waals surface area (Å²) in [5.74, 6) is 0.202. The van der Waals surface area contributed by atoms with Crippen molar-refractivity contribution in [1.29, 1.82) is 0 Å². The first kappa shape index (κ1) is 11.6. The van der Waals surface area contributed by atoms with Gasteiger partial charge in [0.2, 0.25) is 5.82 Å². The number of hydrogen-bond donors (Lipinski definition) is 1. The van der Waals surface area contributed by atoms with E-state index in [4.69, 9.17) is 4.74 Å². The van der Waals surface area contributed by atoms with Crippen molar-refractivity contribution in [3.8, 4) is 0 Å². The topological polar surface area (TPSA) is 80.8 Å². The van der Waals surface area contributed by atoms with Crippen molar-refractivity contribution >= 4 is 5.97 Å². The van der Waals surface area contributed by atoms with Gasteiger partial charge in [-0.2, -0.15) is 5.21 Å². The minimum Gasteiger partial charge on any atom is -0.457 e. The predicted octanol–water partition coefficient (Wildman–Crippen LogP) is 1.21. The zero-order valence-electron chi connectivity index (χ0n) is 8.90. The van der Waals surface area contributed by atoms with Gasteiger partial charge in [0.05, 0.1) is 0 Å². The number of H-pyrrole nitrogens is 1. The minimum absolute atomic E-state index is 0.100. The molecule has 0 saturated heterocycles. The lowest BCUT2D eigenvalue weighted by molar-refractivity contribution is -0.145. The maximum absolute atomic E-state index is 11.2. The van der Waals surface area contributed by atoms with E-state index in [-0.39, 0.29) is 12.6 Å². The Morgan fingerprint density at radius 3 is 2.93 bits per heavy atom. The fraction of sp³-hybridized carbons (Fsp3) is 0.778. The third kappa shape index (κ3) is 5.09. The van der Waals surface area contributed by atoms with E-state index in [1.807, 2.05) is 0 Å². The summed E-state index contributed by atoms with van der Waals surface area (Å²) in [6.45, 7) is 2.23. The number of tetrazole rings is 1. The van der Waals surface area contributed by atoms with Crippen molar-refractivity contribution in [2.45, 2.75) is 45.6 Å². The van der Waals surface area contributed by atoms with Crippen molar-refractivity contribution in [2.24, 2.45) is 0 Å². The molecule has 1 heterocycles. The summed E-state index contributed by atoms with van der Waals surface area (Å²) in [7, 11) is 0. The second-order valence-corrected chi connectivity index (χ2v) is 3.30. The molecule has 0 spiro atoms. The molecular formula is C9H16N4O2. The summed E-state index contributed by atoms with van der Waals surface area (Å²) >= 11 is 0. The summed E-state index contributed by atoms with van der Waals surface area (Å²) in [6, 6.07) is 0. The lowest BCUT2D eigenvalue weighted by Crippen LogP contribution is -2.05. The van der Waals surface area contributed by atoms with Gasteiger partial charge in [-0.05, 0) is 6.42 Å². The molecule has 0 unspecified atom stereocenters. The Hall–Kier alpha value is -1.46. The second-order valence-electron chi connectivity index (χ2n) is 3.30. The van der Waals surface area contributed by atoms with Gasteiger partial charge in [-0.15, -0.1) is 10.2 Å². The van der Waals surface area contributed by atoms with Crippen molar-refractivity contribution in [1.82, 2.24) is 20.6 Å². The minimum atomic E-state index is -0.198. The zero-order chi connectivity index (χ0) is 10.9. The van der Waals surface area contributed by atoms with Gasteiger partial charge in [0.1, 0.15) is 0 Å². The first-order valence-corrected chi connectivity index (χ1v) is 5.21. The Bertz CT molecular complexity index is 274. The third-order valence-electron chi connectivity index (χ3n) is 1.99. The average Bonchev–Trinajstić information content (AvgIpc) is 2.74. The molecule has 84 valence electrons. The molecule has 0 atom stereocenters. The molecule has 15 heavy (non-hydrogen) atoms. The molecule has 0 bridgehead atoms. The molecule has 0 saturated carbocycles. The van der Waals surface area contributed by atoms with Crippen LogP contribution in [0, 0.1) is 0 Å². The molecule has 1 rings (SSSR count). The first-order valence-electron chi connectivity index (χ1n) is 5.21. The molecule has 0 aromatic carbocycles. The van der Waals surface area contributed by atoms with Crippen LogP contribution < -0.4 is 0 Å². The molecule has 0 aliphatic carbocycles. The molecule has 0 amide bonds. The number of unbranched alkanes of at least 4 members (excludes halogenated alkanes) is 3. The van der Waals surface area contributed by atoms with Gasteiger partial charge in [0.25, 0.3) is 0 Å². The van der Waals surface area contributed by atoms with Crippen molar-refractivity contribution in [2.75, 3.05) is 0 Å². The van der Waals surface area contributed by atoms with Crippen LogP contribution >= 0.6 is 0 Å². The summed E-state index contributed by atoms with van der Waals surface area (Å²) < 4.78 is 4.94. The van der Waals surface area contributed by atoms with Crippen LogP contribution in [-0.4, -0.2) is 26.6 Å². The number of aromatic nitrogens is 4. The summed E-state index contributed by atoms with van der Waals surface area (Å²) in [6.07, 6.45) is 4.76. The van der Waals surface area contributed by atoms with Crippen molar-refractivity contribution < 1.29 is 9.53 Å². The SMILES string of the molecule is CCCCCCC(=O)OCc1nn[nH]n1. The Morgan fingerprint density at radius 2 is 2.27 bits per heavy atom. The molecule has 1 aromatic heterocycles. The zero-order valence-corrected chi connectivity index (χ0v) is 8.90. The van der Waals surface area contributed by atoms with Gasteiger partial charge in [0.15, 0.2) is 6.61 Å². The van der Waals surface area contributed by atoms with E-state index in [1.54, 1.807) is 0 Å². The summed E-state index contributed by atoms with van der Waals surface area (Å²) in [5.41, 5.74) is 0. The summed E-state index contributed by atoms with van der Waals surface area (Å²) in [4.78, 5) is 11.2. The van der Waals surface area contributed by atoms with Gasteiger partial charge < -0.3 is 4.74 Å². The van der Waals surface area contributed by atoms with E-state index in [0.29, 0.717) is 12.2 Å². The van der Waals surface area contributed by atoms with Crippen molar-refractivity contribution in [3.63, 3.8) is 0 Å². The van der Waals surface area contributed by atoms with Crippen LogP contribution in [0.4, 0.5) is 0 Å². The lowest BCUT2D eigenvalue weighted by Gasteiger charge is -2.01. The predicted molar refractivity (Wildman–Crippen MR) is 52.7 cm³/mol. The number of hydrogen-bond acceptors (Lipinski definition) is 5. The maximum Gasteiger partial charge on any atom is 0.306 e. The quantitative estimate of drug-likeness (QED) is 0.542. The molecule has 6 nitrogen and oxygen atoms in total. The molecule has 1 aromatic rings. The Labute approximate surface area is 88.4 Å². The average molecular weight is 212 g/mol. The van der Waals surface area contributed by atoms with Gasteiger partial charge in [-0.1, -0.05) is 31.4 Å². The van der Waals surface area contributed by atoms with E-state index in [0.717, 1.165) is 25.7 Å². The Balaban J connectivity index is 2.04. The number of carbonyl (C=O) groups is 1. The van der Waals surface area contributed by atoms with Crippen LogP contribution in [0.15, 0.2) is 0 Å². The number of carbonyl (C=O) groups excluding carboxylic acids is 1. The summed E-state index contributed by atoms with van der Waals surface area (Å²) in [5, 5.41) is 13.0. The molecule has 0 radical (unpaired) electrons. The van der Waals surface area contributed by atoms with E-state index in [9.17, 15) is 4.79 Å². The van der Waals surface area contributed by atoms with Gasteiger partial charge in [-0.25, -0.2) is 0 Å². The Kier molecular flexibility index (Phi) is 5.35.